The van der Waals surface area contributed by atoms with Crippen LogP contribution in [-0.2, 0) is 22.6 Å². The van der Waals surface area contributed by atoms with Gasteiger partial charge < -0.3 is 33.7 Å². The van der Waals surface area contributed by atoms with E-state index in [1.165, 1.54) is 4.90 Å². The van der Waals surface area contributed by atoms with E-state index in [0.29, 0.717) is 30.4 Å². The highest BCUT2D eigenvalue weighted by molar-refractivity contribution is 5.93. The number of amides is 3. The first-order valence-corrected chi connectivity index (χ1v) is 12.2. The molecule has 0 aliphatic carbocycles. The van der Waals surface area contributed by atoms with Crippen LogP contribution in [0.1, 0.15) is 28.2 Å². The van der Waals surface area contributed by atoms with Gasteiger partial charge in [-0.05, 0) is 61.7 Å². The van der Waals surface area contributed by atoms with Crippen molar-refractivity contribution in [3.05, 3.63) is 76.7 Å². The number of para-hydroxylation sites is 1. The molecule has 1 aliphatic rings. The van der Waals surface area contributed by atoms with E-state index < -0.39 is 0 Å². The van der Waals surface area contributed by atoms with Crippen molar-refractivity contribution < 1.29 is 28.2 Å². The highest BCUT2D eigenvalue weighted by Gasteiger charge is 2.24. The van der Waals surface area contributed by atoms with Gasteiger partial charge in [0.1, 0.15) is 18.1 Å². The molecule has 0 fully saturated rings. The lowest BCUT2D eigenvalue weighted by molar-refractivity contribution is -0.133. The van der Waals surface area contributed by atoms with Crippen molar-refractivity contribution >= 4 is 17.6 Å². The normalized spacial score (nSPS) is 11.9. The Morgan fingerprint density at radius 2 is 1.70 bits per heavy atom. The minimum Gasteiger partial charge on any atom is -0.464 e. The number of hydrogen-bond acceptors (Lipinski definition) is 6. The Morgan fingerprint density at radius 3 is 2.41 bits per heavy atom. The number of anilines is 1. The fraction of sp³-hybridized carbons (Fsp3) is 0.357. The van der Waals surface area contributed by atoms with Crippen LogP contribution in [-0.4, -0.2) is 55.3 Å². The molecule has 0 atom stereocenters. The number of rotatable bonds is 10. The summed E-state index contributed by atoms with van der Waals surface area (Å²) in [5.74, 6) is 2.53. The minimum absolute atomic E-state index is 0.121. The molecule has 2 heterocycles. The molecule has 0 saturated carbocycles. The van der Waals surface area contributed by atoms with Gasteiger partial charge in [-0.3, -0.25) is 4.79 Å². The summed E-state index contributed by atoms with van der Waals surface area (Å²) in [5.41, 5.74) is 3.52. The Hall–Kier alpha value is -3.98. The second-order valence-corrected chi connectivity index (χ2v) is 9.06. The number of ether oxygens (including phenoxy) is 3. The average Bonchev–Trinajstić information content (AvgIpc) is 3.51. The summed E-state index contributed by atoms with van der Waals surface area (Å²) < 4.78 is 21.9. The van der Waals surface area contributed by atoms with Crippen molar-refractivity contribution in [1.82, 2.24) is 9.80 Å². The van der Waals surface area contributed by atoms with E-state index in [1.54, 1.807) is 12.0 Å². The average molecular weight is 508 g/mol. The number of furan rings is 1. The minimum atomic E-state index is -0.361. The zero-order valence-electron chi connectivity index (χ0n) is 21.7. The van der Waals surface area contributed by atoms with Crippen molar-refractivity contribution in [2.45, 2.75) is 33.9 Å². The number of fused-ring (bicyclic) bond motifs is 1. The van der Waals surface area contributed by atoms with Crippen LogP contribution in [0.4, 0.5) is 10.5 Å². The molecular formula is C28H33N3O6. The van der Waals surface area contributed by atoms with Gasteiger partial charge in [0.25, 0.3) is 0 Å². The van der Waals surface area contributed by atoms with E-state index in [-0.39, 0.29) is 38.4 Å². The number of urea groups is 1. The van der Waals surface area contributed by atoms with Crippen LogP contribution >= 0.6 is 0 Å². The van der Waals surface area contributed by atoms with Crippen molar-refractivity contribution in [2.75, 3.05) is 38.9 Å². The lowest BCUT2D eigenvalue weighted by atomic mass is 10.1. The number of nitrogens with zero attached hydrogens (tertiary/aromatic N) is 2. The number of methoxy groups -OCH3 is 1. The van der Waals surface area contributed by atoms with Gasteiger partial charge in [-0.25, -0.2) is 4.79 Å². The second kappa shape index (κ2) is 11.8. The second-order valence-electron chi connectivity index (χ2n) is 9.06. The maximum atomic E-state index is 13.6. The van der Waals surface area contributed by atoms with Crippen LogP contribution in [0.15, 0.2) is 52.9 Å². The predicted octanol–water partition coefficient (Wildman–Crippen LogP) is 4.64. The van der Waals surface area contributed by atoms with E-state index in [4.69, 9.17) is 18.6 Å². The fourth-order valence-electron chi connectivity index (χ4n) is 4.16. The third-order valence-corrected chi connectivity index (χ3v) is 6.20. The predicted molar refractivity (Wildman–Crippen MR) is 139 cm³/mol. The molecule has 9 heteroatoms. The highest BCUT2D eigenvalue weighted by Crippen LogP contribution is 2.33. The summed E-state index contributed by atoms with van der Waals surface area (Å²) in [6.45, 7) is 6.92. The number of hydrogen-bond donors (Lipinski definition) is 1. The SMILES string of the molecule is COCCN(CC(=O)N(Cc1ccc2c(c1)OCO2)Cc1ccc(C)o1)C(=O)Nc1c(C)cccc1C. The Labute approximate surface area is 216 Å². The molecule has 0 unspecified atom stereocenters. The van der Waals surface area contributed by atoms with Crippen molar-refractivity contribution in [2.24, 2.45) is 0 Å². The smallest absolute Gasteiger partial charge is 0.322 e. The summed E-state index contributed by atoms with van der Waals surface area (Å²) in [6.07, 6.45) is 0. The van der Waals surface area contributed by atoms with Crippen LogP contribution in [0.3, 0.4) is 0 Å². The zero-order valence-corrected chi connectivity index (χ0v) is 21.7. The van der Waals surface area contributed by atoms with E-state index in [9.17, 15) is 9.59 Å². The number of aryl methyl sites for hydroxylation is 3. The van der Waals surface area contributed by atoms with Crippen molar-refractivity contribution in [1.29, 1.82) is 0 Å². The maximum Gasteiger partial charge on any atom is 0.322 e. The molecule has 0 spiro atoms. The molecular weight excluding hydrogens is 474 g/mol. The molecule has 1 aromatic heterocycles. The van der Waals surface area contributed by atoms with Crippen molar-refractivity contribution in [3.63, 3.8) is 0 Å². The Morgan fingerprint density at radius 1 is 0.946 bits per heavy atom. The molecule has 1 aliphatic heterocycles. The molecule has 37 heavy (non-hydrogen) atoms. The standard InChI is InChI=1S/C28H33N3O6/c1-19-6-5-7-20(2)27(19)29-28(33)30(12-13-34-4)17-26(32)31(16-23-10-8-21(3)37-23)15-22-9-11-24-25(14-22)36-18-35-24/h5-11,14H,12-13,15-18H2,1-4H3,(H,29,33). The molecule has 3 amide bonds. The first kappa shape index (κ1) is 26.1. The van der Waals surface area contributed by atoms with Gasteiger partial charge in [-0.2, -0.15) is 0 Å². The van der Waals surface area contributed by atoms with Crippen LogP contribution in [0.5, 0.6) is 11.5 Å². The number of carbonyl (C=O) groups excluding carboxylic acids is 2. The summed E-state index contributed by atoms with van der Waals surface area (Å²) in [6, 6.07) is 14.8. The molecule has 4 rings (SSSR count). The highest BCUT2D eigenvalue weighted by atomic mass is 16.7. The zero-order chi connectivity index (χ0) is 26.4. The van der Waals surface area contributed by atoms with Crippen LogP contribution in [0, 0.1) is 20.8 Å². The summed E-state index contributed by atoms with van der Waals surface area (Å²) in [4.78, 5) is 30.0. The van der Waals surface area contributed by atoms with E-state index in [2.05, 4.69) is 5.32 Å². The van der Waals surface area contributed by atoms with Crippen LogP contribution < -0.4 is 14.8 Å². The summed E-state index contributed by atoms with van der Waals surface area (Å²) >= 11 is 0. The van der Waals surface area contributed by atoms with E-state index in [0.717, 1.165) is 28.1 Å². The topological polar surface area (TPSA) is 93.5 Å². The maximum absolute atomic E-state index is 13.6. The van der Waals surface area contributed by atoms with Crippen molar-refractivity contribution in [3.8, 4) is 11.5 Å². The van der Waals surface area contributed by atoms with Crippen LogP contribution in [0.25, 0.3) is 0 Å². The van der Waals surface area contributed by atoms with Gasteiger partial charge >= 0.3 is 6.03 Å². The van der Waals surface area contributed by atoms with Gasteiger partial charge in [-0.15, -0.1) is 0 Å². The summed E-state index contributed by atoms with van der Waals surface area (Å²) in [5, 5.41) is 2.97. The molecule has 0 saturated heterocycles. The third-order valence-electron chi connectivity index (χ3n) is 6.20. The molecule has 2 aromatic carbocycles. The van der Waals surface area contributed by atoms with E-state index in [1.807, 2.05) is 69.3 Å². The molecule has 0 bridgehead atoms. The summed E-state index contributed by atoms with van der Waals surface area (Å²) in [7, 11) is 1.56. The Bertz CT molecular complexity index is 1230. The Kier molecular flexibility index (Phi) is 8.35. The Balaban J connectivity index is 1.53. The fourth-order valence-corrected chi connectivity index (χ4v) is 4.16. The first-order chi connectivity index (χ1) is 17.8. The lowest BCUT2D eigenvalue weighted by Crippen LogP contribution is -2.45. The molecule has 1 N–H and O–H groups in total. The van der Waals surface area contributed by atoms with Gasteiger partial charge in [0.05, 0.1) is 13.2 Å². The monoisotopic (exact) mass is 507 g/mol. The van der Waals surface area contributed by atoms with Crippen LogP contribution in [0.2, 0.25) is 0 Å². The molecule has 3 aromatic rings. The number of benzene rings is 2. The molecule has 0 radical (unpaired) electrons. The largest absolute Gasteiger partial charge is 0.464 e. The van der Waals surface area contributed by atoms with Gasteiger partial charge in [0, 0.05) is 25.9 Å². The lowest BCUT2D eigenvalue weighted by Gasteiger charge is -2.28. The molecule has 9 nitrogen and oxygen atoms in total. The number of carbonyl (C=O) groups is 2. The van der Waals surface area contributed by atoms with Gasteiger partial charge in [0.15, 0.2) is 11.5 Å². The van der Waals surface area contributed by atoms with Gasteiger partial charge in [0.2, 0.25) is 12.7 Å². The molecule has 196 valence electrons. The first-order valence-electron chi connectivity index (χ1n) is 12.2. The quantitative estimate of drug-likeness (QED) is 0.430. The number of nitrogens with one attached hydrogen (secondary N) is 1. The van der Waals surface area contributed by atoms with Gasteiger partial charge in [-0.1, -0.05) is 24.3 Å². The van der Waals surface area contributed by atoms with E-state index >= 15 is 0 Å². The third kappa shape index (κ3) is 6.62.